The number of imidazole rings is 1. The number of halogens is 1. The van der Waals surface area contributed by atoms with E-state index in [1.165, 1.54) is 6.07 Å². The van der Waals surface area contributed by atoms with Crippen molar-refractivity contribution in [3.05, 3.63) is 78.1 Å². The van der Waals surface area contributed by atoms with E-state index in [1.54, 1.807) is 12.3 Å². The second kappa shape index (κ2) is 9.96. The number of amides is 1. The highest BCUT2D eigenvalue weighted by Gasteiger charge is 2.19. The van der Waals surface area contributed by atoms with Crippen molar-refractivity contribution in [1.82, 2.24) is 14.5 Å². The number of carbonyl (C=O) groups excluding carboxylic acids is 1. The SMILES string of the molecule is Cc1nccn1CC(C)C(=O)Nc1ccc(N2CCN(Cc3ccccc3F)CC2)cc1. The highest BCUT2D eigenvalue weighted by Crippen LogP contribution is 2.21. The quantitative estimate of drug-likeness (QED) is 0.611. The maximum Gasteiger partial charge on any atom is 0.229 e. The molecule has 4 rings (SSSR count). The summed E-state index contributed by atoms with van der Waals surface area (Å²) in [6.45, 7) is 8.65. The highest BCUT2D eigenvalue weighted by atomic mass is 19.1. The van der Waals surface area contributed by atoms with E-state index in [0.29, 0.717) is 13.1 Å². The van der Waals surface area contributed by atoms with E-state index in [9.17, 15) is 9.18 Å². The van der Waals surface area contributed by atoms with Crippen LogP contribution in [-0.4, -0.2) is 46.5 Å². The van der Waals surface area contributed by atoms with E-state index >= 15 is 0 Å². The molecule has 0 bridgehead atoms. The first-order valence-electron chi connectivity index (χ1n) is 11.1. The van der Waals surface area contributed by atoms with Gasteiger partial charge in [-0.3, -0.25) is 9.69 Å². The predicted octanol–water partition coefficient (Wildman–Crippen LogP) is 3.93. The van der Waals surface area contributed by atoms with Crippen molar-refractivity contribution in [3.8, 4) is 0 Å². The van der Waals surface area contributed by atoms with Crippen LogP contribution in [0, 0.1) is 18.7 Å². The van der Waals surface area contributed by atoms with Crippen molar-refractivity contribution in [2.45, 2.75) is 26.9 Å². The van der Waals surface area contributed by atoms with Gasteiger partial charge in [0, 0.05) is 68.6 Å². The molecule has 1 unspecified atom stereocenters. The number of hydrogen-bond acceptors (Lipinski definition) is 4. The first-order valence-corrected chi connectivity index (χ1v) is 11.1. The Morgan fingerprint density at radius 1 is 1.09 bits per heavy atom. The van der Waals surface area contributed by atoms with Gasteiger partial charge in [0.25, 0.3) is 0 Å². The summed E-state index contributed by atoms with van der Waals surface area (Å²) in [6, 6.07) is 15.0. The molecule has 1 aliphatic rings. The second-order valence-electron chi connectivity index (χ2n) is 8.42. The zero-order valence-electron chi connectivity index (χ0n) is 18.7. The minimum atomic E-state index is -0.162. The molecule has 0 radical (unpaired) electrons. The number of aromatic nitrogens is 2. The number of carbonyl (C=O) groups is 1. The zero-order chi connectivity index (χ0) is 22.5. The summed E-state index contributed by atoms with van der Waals surface area (Å²) in [5.74, 6) is 0.600. The summed E-state index contributed by atoms with van der Waals surface area (Å²) in [4.78, 5) is 21.4. The van der Waals surface area contributed by atoms with Crippen molar-refractivity contribution >= 4 is 17.3 Å². The second-order valence-corrected chi connectivity index (χ2v) is 8.42. The van der Waals surface area contributed by atoms with Gasteiger partial charge in [-0.25, -0.2) is 9.37 Å². The predicted molar refractivity (Wildman–Crippen MR) is 125 cm³/mol. The van der Waals surface area contributed by atoms with Crippen LogP contribution in [0.3, 0.4) is 0 Å². The standard InChI is InChI=1S/C25H30FN5O/c1-19(17-31-12-11-27-20(31)2)25(32)28-22-7-9-23(10-8-22)30-15-13-29(14-16-30)18-21-5-3-4-6-24(21)26/h3-12,19H,13-18H2,1-2H3,(H,28,32). The Kier molecular flexibility index (Phi) is 6.85. The van der Waals surface area contributed by atoms with Gasteiger partial charge >= 0.3 is 0 Å². The van der Waals surface area contributed by atoms with E-state index in [1.807, 2.05) is 61.0 Å². The summed E-state index contributed by atoms with van der Waals surface area (Å²) >= 11 is 0. The number of aryl methyl sites for hydroxylation is 1. The summed E-state index contributed by atoms with van der Waals surface area (Å²) < 4.78 is 15.9. The number of anilines is 2. The Hall–Kier alpha value is -3.19. The van der Waals surface area contributed by atoms with Crippen LogP contribution >= 0.6 is 0 Å². The first-order chi connectivity index (χ1) is 15.5. The van der Waals surface area contributed by atoms with Gasteiger partial charge in [-0.2, -0.15) is 0 Å². The number of nitrogens with zero attached hydrogens (tertiary/aromatic N) is 4. The Bertz CT molecular complexity index is 1040. The largest absolute Gasteiger partial charge is 0.369 e. The maximum absolute atomic E-state index is 13.9. The van der Waals surface area contributed by atoms with E-state index < -0.39 is 0 Å². The Labute approximate surface area is 188 Å². The van der Waals surface area contributed by atoms with Crippen molar-refractivity contribution in [3.63, 3.8) is 0 Å². The lowest BCUT2D eigenvalue weighted by molar-refractivity contribution is -0.119. The third-order valence-corrected chi connectivity index (χ3v) is 6.07. The van der Waals surface area contributed by atoms with Crippen LogP contribution in [0.1, 0.15) is 18.3 Å². The van der Waals surface area contributed by atoms with E-state index in [0.717, 1.165) is 48.9 Å². The monoisotopic (exact) mass is 435 g/mol. The molecule has 1 saturated heterocycles. The number of rotatable bonds is 7. The van der Waals surface area contributed by atoms with E-state index in [-0.39, 0.29) is 17.6 Å². The number of benzene rings is 2. The summed E-state index contributed by atoms with van der Waals surface area (Å²) in [5, 5.41) is 3.01. The molecule has 0 aliphatic carbocycles. The van der Waals surface area contributed by atoms with Crippen LogP contribution < -0.4 is 10.2 Å². The molecule has 1 aliphatic heterocycles. The molecule has 7 heteroatoms. The average molecular weight is 436 g/mol. The molecular weight excluding hydrogens is 405 g/mol. The van der Waals surface area contributed by atoms with Gasteiger partial charge in [0.15, 0.2) is 0 Å². The van der Waals surface area contributed by atoms with Crippen molar-refractivity contribution in [1.29, 1.82) is 0 Å². The summed E-state index contributed by atoms with van der Waals surface area (Å²) in [6.07, 6.45) is 3.64. The third-order valence-electron chi connectivity index (χ3n) is 6.07. The van der Waals surface area contributed by atoms with E-state index in [2.05, 4.69) is 20.1 Å². The van der Waals surface area contributed by atoms with Crippen molar-refractivity contribution < 1.29 is 9.18 Å². The van der Waals surface area contributed by atoms with Gasteiger partial charge in [-0.05, 0) is 37.3 Å². The molecule has 2 aromatic carbocycles. The van der Waals surface area contributed by atoms with Crippen LogP contribution in [0.25, 0.3) is 0 Å². The topological polar surface area (TPSA) is 53.4 Å². The minimum absolute atomic E-state index is 0.00684. The fourth-order valence-electron chi connectivity index (χ4n) is 4.03. The molecule has 1 atom stereocenters. The molecule has 2 heterocycles. The molecule has 0 spiro atoms. The van der Waals surface area contributed by atoms with Gasteiger partial charge in [0.05, 0.1) is 5.92 Å². The van der Waals surface area contributed by atoms with Crippen molar-refractivity contribution in [2.24, 2.45) is 5.92 Å². The molecule has 1 amide bonds. The first kappa shape index (κ1) is 22.0. The number of nitrogens with one attached hydrogen (secondary N) is 1. The zero-order valence-corrected chi connectivity index (χ0v) is 18.7. The summed E-state index contributed by atoms with van der Waals surface area (Å²) in [7, 11) is 0. The molecule has 168 valence electrons. The Morgan fingerprint density at radius 2 is 1.81 bits per heavy atom. The Morgan fingerprint density at radius 3 is 2.47 bits per heavy atom. The molecule has 3 aromatic rings. The van der Waals surface area contributed by atoms with Gasteiger partial charge in [-0.1, -0.05) is 25.1 Å². The van der Waals surface area contributed by atoms with Crippen LogP contribution in [-0.2, 0) is 17.9 Å². The molecule has 32 heavy (non-hydrogen) atoms. The fraction of sp³-hybridized carbons (Fsp3) is 0.360. The lowest BCUT2D eigenvalue weighted by Gasteiger charge is -2.36. The number of hydrogen-bond donors (Lipinski definition) is 1. The number of piperazine rings is 1. The van der Waals surface area contributed by atoms with Crippen LogP contribution in [0.2, 0.25) is 0 Å². The van der Waals surface area contributed by atoms with Crippen molar-refractivity contribution in [2.75, 3.05) is 36.4 Å². The molecule has 1 fully saturated rings. The molecule has 1 aromatic heterocycles. The normalized spacial score (nSPS) is 15.5. The van der Waals surface area contributed by atoms with Crippen LogP contribution in [0.5, 0.6) is 0 Å². The molecule has 1 N–H and O–H groups in total. The van der Waals surface area contributed by atoms with Crippen LogP contribution in [0.4, 0.5) is 15.8 Å². The third kappa shape index (κ3) is 5.34. The maximum atomic E-state index is 13.9. The smallest absolute Gasteiger partial charge is 0.229 e. The molecule has 0 saturated carbocycles. The lowest BCUT2D eigenvalue weighted by atomic mass is 10.1. The lowest BCUT2D eigenvalue weighted by Crippen LogP contribution is -2.46. The Balaban J connectivity index is 1.27. The van der Waals surface area contributed by atoms with Gasteiger partial charge < -0.3 is 14.8 Å². The van der Waals surface area contributed by atoms with Crippen LogP contribution in [0.15, 0.2) is 60.9 Å². The average Bonchev–Trinajstić information content (AvgIpc) is 3.20. The molecular formula is C25H30FN5O. The van der Waals surface area contributed by atoms with Gasteiger partial charge in [-0.15, -0.1) is 0 Å². The fourth-order valence-corrected chi connectivity index (χ4v) is 4.03. The van der Waals surface area contributed by atoms with Gasteiger partial charge in [0.1, 0.15) is 11.6 Å². The van der Waals surface area contributed by atoms with E-state index in [4.69, 9.17) is 0 Å². The highest BCUT2D eigenvalue weighted by molar-refractivity contribution is 5.92. The minimum Gasteiger partial charge on any atom is -0.369 e. The summed E-state index contributed by atoms with van der Waals surface area (Å²) in [5.41, 5.74) is 2.68. The van der Waals surface area contributed by atoms with Gasteiger partial charge in [0.2, 0.25) is 5.91 Å². The molecule has 6 nitrogen and oxygen atoms in total.